The van der Waals surface area contributed by atoms with Crippen molar-refractivity contribution in [3.8, 4) is 11.5 Å². The third-order valence-corrected chi connectivity index (χ3v) is 7.82. The SMILES string of the molecule is O=C(OC(=O)c1ccc2ccccc2c1)Oc1c2ccccc2c(OC(=O)OC(=O)c2ccc3ccccc3c2)c2cc(Cl)ccc12. The quantitative estimate of drug-likeness (QED) is 0.0810. The Morgan fingerprint density at radius 2 is 0.851 bits per heavy atom. The maximum absolute atomic E-state index is 13.0. The molecule has 7 aromatic carbocycles. The van der Waals surface area contributed by atoms with Crippen LogP contribution < -0.4 is 9.47 Å². The van der Waals surface area contributed by atoms with Crippen LogP contribution in [0, 0.1) is 0 Å². The van der Waals surface area contributed by atoms with Crippen molar-refractivity contribution in [1.29, 1.82) is 0 Å². The summed E-state index contributed by atoms with van der Waals surface area (Å²) in [6.45, 7) is 0. The van der Waals surface area contributed by atoms with E-state index in [0.29, 0.717) is 21.2 Å². The highest BCUT2D eigenvalue weighted by atomic mass is 35.5. The van der Waals surface area contributed by atoms with Crippen LogP contribution in [0.1, 0.15) is 20.7 Å². The number of rotatable bonds is 4. The van der Waals surface area contributed by atoms with E-state index in [4.69, 9.17) is 30.5 Å². The van der Waals surface area contributed by atoms with E-state index in [9.17, 15) is 19.2 Å². The Labute approximate surface area is 271 Å². The van der Waals surface area contributed by atoms with Crippen LogP contribution in [0.2, 0.25) is 5.02 Å². The number of halogens is 1. The van der Waals surface area contributed by atoms with Crippen LogP contribution in [-0.4, -0.2) is 24.2 Å². The molecule has 0 fully saturated rings. The number of fused-ring (bicyclic) bond motifs is 4. The molecule has 0 amide bonds. The Bertz CT molecular complexity index is 2420. The zero-order valence-corrected chi connectivity index (χ0v) is 25.0. The highest BCUT2D eigenvalue weighted by Gasteiger charge is 2.24. The van der Waals surface area contributed by atoms with Gasteiger partial charge in [0.25, 0.3) is 0 Å². The standard InChI is InChI=1S/C38H21ClO8/c39-28-17-18-31-32(21-28)34(45-38(43)47-36(41)27-16-14-23-8-2-4-10-25(23)20-27)30-12-6-5-11-29(30)33(31)44-37(42)46-35(40)26-15-13-22-7-1-3-9-24(22)19-26/h1-21H. The molecule has 0 aromatic heterocycles. The topological polar surface area (TPSA) is 105 Å². The number of hydrogen-bond acceptors (Lipinski definition) is 8. The minimum Gasteiger partial charge on any atom is -0.393 e. The summed E-state index contributed by atoms with van der Waals surface area (Å²) in [5, 5.41) is 5.01. The van der Waals surface area contributed by atoms with Gasteiger partial charge in [0, 0.05) is 26.6 Å². The van der Waals surface area contributed by atoms with E-state index < -0.39 is 24.2 Å². The molecule has 0 unspecified atom stereocenters. The molecule has 8 nitrogen and oxygen atoms in total. The molecule has 0 saturated carbocycles. The third-order valence-electron chi connectivity index (χ3n) is 7.58. The van der Waals surface area contributed by atoms with Crippen molar-refractivity contribution < 1.29 is 38.1 Å². The smallest absolute Gasteiger partial charge is 0.393 e. The number of carbonyl (C=O) groups excluding carboxylic acids is 4. The number of hydrogen-bond donors (Lipinski definition) is 0. The normalized spacial score (nSPS) is 11.0. The number of ether oxygens (including phenoxy) is 4. The maximum atomic E-state index is 13.0. The van der Waals surface area contributed by atoms with Crippen LogP contribution in [0.5, 0.6) is 11.5 Å². The first-order chi connectivity index (χ1) is 22.8. The van der Waals surface area contributed by atoms with Crippen molar-refractivity contribution in [3.63, 3.8) is 0 Å². The average molecular weight is 641 g/mol. The summed E-state index contributed by atoms with van der Waals surface area (Å²) in [6, 6.07) is 36.0. The van der Waals surface area contributed by atoms with Gasteiger partial charge in [0.2, 0.25) is 0 Å². The molecule has 7 aromatic rings. The Morgan fingerprint density at radius 3 is 1.36 bits per heavy atom. The average Bonchev–Trinajstić information content (AvgIpc) is 3.09. The molecule has 47 heavy (non-hydrogen) atoms. The lowest BCUT2D eigenvalue weighted by molar-refractivity contribution is 0.0513. The molecule has 0 aliphatic rings. The van der Waals surface area contributed by atoms with Crippen LogP contribution in [0.25, 0.3) is 43.1 Å². The fraction of sp³-hybridized carbons (Fsp3) is 0. The van der Waals surface area contributed by atoms with Crippen LogP contribution >= 0.6 is 11.6 Å². The van der Waals surface area contributed by atoms with Gasteiger partial charge < -0.3 is 18.9 Å². The molecular weight excluding hydrogens is 620 g/mol. The van der Waals surface area contributed by atoms with Crippen molar-refractivity contribution in [2.24, 2.45) is 0 Å². The lowest BCUT2D eigenvalue weighted by Gasteiger charge is -2.16. The first-order valence-corrected chi connectivity index (χ1v) is 14.7. The Kier molecular flexibility index (Phi) is 7.69. The van der Waals surface area contributed by atoms with Gasteiger partial charge in [0.1, 0.15) is 5.75 Å². The Balaban J connectivity index is 1.18. The lowest BCUT2D eigenvalue weighted by atomic mass is 10.0. The van der Waals surface area contributed by atoms with Gasteiger partial charge in [-0.25, -0.2) is 19.2 Å². The van der Waals surface area contributed by atoms with E-state index in [-0.39, 0.29) is 28.0 Å². The molecule has 0 bridgehead atoms. The molecule has 0 N–H and O–H groups in total. The van der Waals surface area contributed by atoms with Gasteiger partial charge in [-0.15, -0.1) is 0 Å². The number of esters is 2. The van der Waals surface area contributed by atoms with Gasteiger partial charge >= 0.3 is 24.2 Å². The van der Waals surface area contributed by atoms with Gasteiger partial charge in [-0.3, -0.25) is 0 Å². The highest BCUT2D eigenvalue weighted by molar-refractivity contribution is 6.32. The Hall–Kier alpha value is -6.25. The largest absolute Gasteiger partial charge is 0.522 e. The molecule has 0 aliphatic carbocycles. The van der Waals surface area contributed by atoms with Crippen molar-refractivity contribution in [2.75, 3.05) is 0 Å². The van der Waals surface area contributed by atoms with Crippen molar-refractivity contribution in [3.05, 3.63) is 144 Å². The molecule has 0 atom stereocenters. The predicted octanol–water partition coefficient (Wildman–Crippen LogP) is 9.66. The fourth-order valence-corrected chi connectivity index (χ4v) is 5.57. The van der Waals surface area contributed by atoms with E-state index in [0.717, 1.165) is 21.5 Å². The van der Waals surface area contributed by atoms with Crippen molar-refractivity contribution >= 4 is 78.9 Å². The van der Waals surface area contributed by atoms with Gasteiger partial charge in [-0.05, 0) is 64.0 Å². The minimum absolute atomic E-state index is 0.0161. The summed E-state index contributed by atoms with van der Waals surface area (Å²) in [5.41, 5.74) is 0.335. The Morgan fingerprint density at radius 1 is 0.426 bits per heavy atom. The first kappa shape index (κ1) is 29.5. The van der Waals surface area contributed by atoms with Crippen molar-refractivity contribution in [1.82, 2.24) is 0 Å². The summed E-state index contributed by atoms with van der Waals surface area (Å²) in [5.74, 6) is -1.73. The van der Waals surface area contributed by atoms with Gasteiger partial charge in [-0.2, -0.15) is 0 Å². The zero-order valence-electron chi connectivity index (χ0n) is 24.3. The molecule has 0 saturated heterocycles. The second-order valence-electron chi connectivity index (χ2n) is 10.5. The maximum Gasteiger partial charge on any atom is 0.522 e. The van der Waals surface area contributed by atoms with Crippen LogP contribution in [0.15, 0.2) is 127 Å². The van der Waals surface area contributed by atoms with E-state index in [2.05, 4.69) is 0 Å². The second-order valence-corrected chi connectivity index (χ2v) is 10.9. The monoisotopic (exact) mass is 640 g/mol. The van der Waals surface area contributed by atoms with Gasteiger partial charge in [0.05, 0.1) is 11.1 Å². The summed E-state index contributed by atoms with van der Waals surface area (Å²) in [4.78, 5) is 51.7. The molecular formula is C38H21ClO8. The summed E-state index contributed by atoms with van der Waals surface area (Å²) < 4.78 is 21.4. The molecule has 228 valence electrons. The third kappa shape index (κ3) is 5.93. The first-order valence-electron chi connectivity index (χ1n) is 14.3. The fourth-order valence-electron chi connectivity index (χ4n) is 5.40. The minimum atomic E-state index is -1.27. The molecule has 0 radical (unpaired) electrons. The number of carbonyl (C=O) groups is 4. The molecule has 7 rings (SSSR count). The van der Waals surface area contributed by atoms with Crippen LogP contribution in [0.3, 0.4) is 0 Å². The van der Waals surface area contributed by atoms with E-state index >= 15 is 0 Å². The lowest BCUT2D eigenvalue weighted by Crippen LogP contribution is -2.18. The highest BCUT2D eigenvalue weighted by Crippen LogP contribution is 2.44. The summed E-state index contributed by atoms with van der Waals surface area (Å²) >= 11 is 6.32. The zero-order chi connectivity index (χ0) is 32.5. The summed E-state index contributed by atoms with van der Waals surface area (Å²) in [7, 11) is 0. The van der Waals surface area contributed by atoms with Crippen molar-refractivity contribution in [2.45, 2.75) is 0 Å². The molecule has 9 heteroatoms. The van der Waals surface area contributed by atoms with Gasteiger partial charge in [-0.1, -0.05) is 96.5 Å². The summed E-state index contributed by atoms with van der Waals surface area (Å²) in [6.07, 6.45) is -2.54. The van der Waals surface area contributed by atoms with Gasteiger partial charge in [0.15, 0.2) is 5.75 Å². The van der Waals surface area contributed by atoms with Crippen LogP contribution in [-0.2, 0) is 9.47 Å². The van der Waals surface area contributed by atoms with E-state index in [1.165, 1.54) is 6.07 Å². The molecule has 0 spiro atoms. The second kappa shape index (κ2) is 12.3. The molecule has 0 heterocycles. The van der Waals surface area contributed by atoms with E-state index in [1.54, 1.807) is 72.8 Å². The van der Waals surface area contributed by atoms with Crippen LogP contribution in [0.4, 0.5) is 9.59 Å². The molecule has 0 aliphatic heterocycles. The predicted molar refractivity (Wildman–Crippen MR) is 177 cm³/mol. The number of benzene rings is 7. The van der Waals surface area contributed by atoms with E-state index in [1.807, 2.05) is 48.5 Å².